The second kappa shape index (κ2) is 6.62. The van der Waals surface area contributed by atoms with Crippen molar-refractivity contribution in [2.75, 3.05) is 11.5 Å². The van der Waals surface area contributed by atoms with Crippen LogP contribution < -0.4 is 11.5 Å². The molecular formula is C17H12BrN5S2. The van der Waals surface area contributed by atoms with Crippen LogP contribution in [0.5, 0.6) is 0 Å². The number of nitrogen functional groups attached to an aromatic ring is 2. The lowest BCUT2D eigenvalue weighted by atomic mass is 10.2. The Balaban J connectivity index is 1.68. The summed E-state index contributed by atoms with van der Waals surface area (Å²) < 4.78 is 1.96. The van der Waals surface area contributed by atoms with Crippen molar-refractivity contribution in [1.82, 2.24) is 15.0 Å². The lowest BCUT2D eigenvalue weighted by Gasteiger charge is -2.04. The number of halogens is 1. The summed E-state index contributed by atoms with van der Waals surface area (Å²) in [7, 11) is 0. The van der Waals surface area contributed by atoms with E-state index in [0.717, 1.165) is 35.2 Å². The monoisotopic (exact) mass is 429 g/mol. The van der Waals surface area contributed by atoms with Crippen LogP contribution in [0.25, 0.3) is 22.2 Å². The summed E-state index contributed by atoms with van der Waals surface area (Å²) in [6, 6.07) is 15.9. The lowest BCUT2D eigenvalue weighted by molar-refractivity contribution is 1.23. The number of benzene rings is 2. The molecule has 0 fully saturated rings. The van der Waals surface area contributed by atoms with Crippen molar-refractivity contribution >= 4 is 61.7 Å². The first kappa shape index (κ1) is 16.3. The van der Waals surface area contributed by atoms with Crippen molar-refractivity contribution in [3.63, 3.8) is 0 Å². The summed E-state index contributed by atoms with van der Waals surface area (Å²) in [5.41, 5.74) is 14.4. The quantitative estimate of drug-likeness (QED) is 0.484. The van der Waals surface area contributed by atoms with E-state index in [1.54, 1.807) is 23.1 Å². The molecule has 8 heteroatoms. The van der Waals surface area contributed by atoms with Gasteiger partial charge in [-0.2, -0.15) is 4.98 Å². The molecule has 0 aliphatic carbocycles. The zero-order chi connectivity index (χ0) is 17.4. The van der Waals surface area contributed by atoms with Crippen LogP contribution in [0.1, 0.15) is 0 Å². The van der Waals surface area contributed by atoms with Gasteiger partial charge in [-0.1, -0.05) is 53.4 Å². The second-order valence-corrected chi connectivity index (χ2v) is 8.85. The highest BCUT2D eigenvalue weighted by molar-refractivity contribution is 9.11. The Morgan fingerprint density at radius 3 is 2.56 bits per heavy atom. The second-order valence-electron chi connectivity index (χ2n) is 5.22. The Morgan fingerprint density at radius 1 is 0.960 bits per heavy atom. The number of hydrogen-bond acceptors (Lipinski definition) is 7. The van der Waals surface area contributed by atoms with Crippen molar-refractivity contribution in [3.05, 3.63) is 52.3 Å². The number of hydrogen-bond donors (Lipinski definition) is 2. The first-order chi connectivity index (χ1) is 12.1. The Bertz CT molecular complexity index is 1070. The smallest absolute Gasteiger partial charge is 0.222 e. The van der Waals surface area contributed by atoms with Gasteiger partial charge in [0.25, 0.3) is 0 Å². The third kappa shape index (κ3) is 3.33. The van der Waals surface area contributed by atoms with Crippen LogP contribution in [-0.4, -0.2) is 15.0 Å². The minimum atomic E-state index is 0.182. The predicted octanol–water partition coefficient (Wildman–Crippen LogP) is 4.83. The molecule has 124 valence electrons. The molecule has 0 spiro atoms. The molecule has 0 aliphatic rings. The molecule has 4 aromatic rings. The predicted molar refractivity (Wildman–Crippen MR) is 108 cm³/mol. The summed E-state index contributed by atoms with van der Waals surface area (Å²) in [6.07, 6.45) is 0. The minimum Gasteiger partial charge on any atom is -0.383 e. The van der Waals surface area contributed by atoms with Gasteiger partial charge < -0.3 is 11.5 Å². The van der Waals surface area contributed by atoms with Gasteiger partial charge in [0, 0.05) is 15.8 Å². The molecule has 2 aromatic heterocycles. The summed E-state index contributed by atoms with van der Waals surface area (Å²) in [4.78, 5) is 14.0. The third-order valence-corrected chi connectivity index (χ3v) is 6.29. The first-order valence-corrected chi connectivity index (χ1v) is 9.75. The van der Waals surface area contributed by atoms with Crippen LogP contribution in [0.3, 0.4) is 0 Å². The normalized spacial score (nSPS) is 11.1. The van der Waals surface area contributed by atoms with E-state index in [2.05, 4.69) is 25.9 Å². The Kier molecular flexibility index (Phi) is 4.32. The molecule has 2 aromatic carbocycles. The molecule has 4 N–H and O–H groups in total. The van der Waals surface area contributed by atoms with Gasteiger partial charge in [0.2, 0.25) is 5.95 Å². The standard InChI is InChI=1S/C17H12BrN5S2/c18-14-13(9-4-2-1-3-5-9)22-17(25-14)24-10-6-7-12-11(8-10)15(19)23-16(20)21-12/h1-8H,(H4,19,20,21,23). The van der Waals surface area contributed by atoms with Gasteiger partial charge in [0.15, 0.2) is 4.34 Å². The van der Waals surface area contributed by atoms with Crippen molar-refractivity contribution in [2.24, 2.45) is 0 Å². The Labute approximate surface area is 160 Å². The largest absolute Gasteiger partial charge is 0.383 e. The van der Waals surface area contributed by atoms with E-state index < -0.39 is 0 Å². The van der Waals surface area contributed by atoms with Crippen LogP contribution in [0.4, 0.5) is 11.8 Å². The van der Waals surface area contributed by atoms with E-state index in [4.69, 9.17) is 16.5 Å². The Morgan fingerprint density at radius 2 is 1.76 bits per heavy atom. The summed E-state index contributed by atoms with van der Waals surface area (Å²) in [6.45, 7) is 0. The maximum absolute atomic E-state index is 5.96. The van der Waals surface area contributed by atoms with Gasteiger partial charge in [0.05, 0.1) is 15.0 Å². The molecule has 0 saturated carbocycles. The molecule has 0 amide bonds. The van der Waals surface area contributed by atoms with Gasteiger partial charge in [-0.25, -0.2) is 9.97 Å². The van der Waals surface area contributed by atoms with E-state index >= 15 is 0 Å². The highest BCUT2D eigenvalue weighted by Crippen LogP contribution is 2.40. The molecule has 0 saturated heterocycles. The third-order valence-electron chi connectivity index (χ3n) is 3.53. The summed E-state index contributed by atoms with van der Waals surface area (Å²) in [5.74, 6) is 0.567. The highest BCUT2D eigenvalue weighted by Gasteiger charge is 2.13. The number of aromatic nitrogens is 3. The Hall–Kier alpha value is -2.16. The zero-order valence-corrected chi connectivity index (χ0v) is 16.0. The summed E-state index contributed by atoms with van der Waals surface area (Å²) in [5, 5.41) is 0.790. The zero-order valence-electron chi connectivity index (χ0n) is 12.8. The fourth-order valence-corrected chi connectivity index (χ4v) is 5.42. The fourth-order valence-electron chi connectivity index (χ4n) is 2.41. The van der Waals surface area contributed by atoms with Crippen molar-refractivity contribution in [1.29, 1.82) is 0 Å². The number of thiazole rings is 1. The number of rotatable bonds is 3. The van der Waals surface area contributed by atoms with E-state index in [1.165, 1.54) is 0 Å². The number of anilines is 2. The van der Waals surface area contributed by atoms with E-state index in [1.807, 2.05) is 48.5 Å². The van der Waals surface area contributed by atoms with Crippen LogP contribution >= 0.6 is 39.0 Å². The molecule has 5 nitrogen and oxygen atoms in total. The molecule has 25 heavy (non-hydrogen) atoms. The molecule has 0 atom stereocenters. The molecule has 0 radical (unpaired) electrons. The van der Waals surface area contributed by atoms with E-state index in [-0.39, 0.29) is 5.95 Å². The van der Waals surface area contributed by atoms with Gasteiger partial charge >= 0.3 is 0 Å². The lowest BCUT2D eigenvalue weighted by Crippen LogP contribution is -2.00. The fraction of sp³-hybridized carbons (Fsp3) is 0. The van der Waals surface area contributed by atoms with Crippen LogP contribution in [0.15, 0.2) is 61.6 Å². The maximum atomic E-state index is 5.96. The van der Waals surface area contributed by atoms with Crippen molar-refractivity contribution < 1.29 is 0 Å². The average Bonchev–Trinajstić information content (AvgIpc) is 2.96. The molecule has 4 rings (SSSR count). The number of nitrogens with two attached hydrogens (primary N) is 2. The molecule has 0 unspecified atom stereocenters. The minimum absolute atomic E-state index is 0.182. The average molecular weight is 430 g/mol. The van der Waals surface area contributed by atoms with Crippen LogP contribution in [-0.2, 0) is 0 Å². The first-order valence-electron chi connectivity index (χ1n) is 7.32. The van der Waals surface area contributed by atoms with Gasteiger partial charge in [-0.05, 0) is 34.1 Å². The molecule has 2 heterocycles. The molecule has 0 bridgehead atoms. The van der Waals surface area contributed by atoms with Gasteiger partial charge in [-0.3, -0.25) is 0 Å². The highest BCUT2D eigenvalue weighted by atomic mass is 79.9. The van der Waals surface area contributed by atoms with Crippen molar-refractivity contribution in [2.45, 2.75) is 9.24 Å². The maximum Gasteiger partial charge on any atom is 0.222 e. The van der Waals surface area contributed by atoms with E-state index in [0.29, 0.717) is 5.82 Å². The topological polar surface area (TPSA) is 90.7 Å². The van der Waals surface area contributed by atoms with Crippen LogP contribution in [0, 0.1) is 0 Å². The van der Waals surface area contributed by atoms with E-state index in [9.17, 15) is 0 Å². The molecular weight excluding hydrogens is 418 g/mol. The molecule has 0 aliphatic heterocycles. The van der Waals surface area contributed by atoms with Crippen molar-refractivity contribution in [3.8, 4) is 11.3 Å². The van der Waals surface area contributed by atoms with Gasteiger partial charge in [-0.15, -0.1) is 0 Å². The van der Waals surface area contributed by atoms with Crippen LogP contribution in [0.2, 0.25) is 0 Å². The summed E-state index contributed by atoms with van der Waals surface area (Å²) >= 11 is 6.80. The SMILES string of the molecule is Nc1nc(N)c2cc(Sc3nc(-c4ccccc4)c(Br)s3)ccc2n1. The number of fused-ring (bicyclic) bond motifs is 1. The number of nitrogens with zero attached hydrogens (tertiary/aromatic N) is 3. The van der Waals surface area contributed by atoms with Gasteiger partial charge in [0.1, 0.15) is 5.82 Å².